The van der Waals surface area contributed by atoms with Gasteiger partial charge in [-0.1, -0.05) is 11.8 Å². The maximum absolute atomic E-state index is 9.79. The number of thioether (sulfide) groups is 1. The van der Waals surface area contributed by atoms with E-state index in [1.165, 1.54) is 5.56 Å². The fourth-order valence-corrected chi connectivity index (χ4v) is 2.61. The standard InChI is InChI=1S/C14H25N3OS/c1-10-11(2)16-13(17-12(10)3)19-8-6-5-7-14(4,18)9-15/h18H,5-9,15H2,1-4H3. The lowest BCUT2D eigenvalue weighted by Crippen LogP contribution is -2.33. The van der Waals surface area contributed by atoms with Gasteiger partial charge in [0.25, 0.3) is 0 Å². The average Bonchev–Trinajstić information content (AvgIpc) is 2.35. The summed E-state index contributed by atoms with van der Waals surface area (Å²) >= 11 is 1.68. The Bertz CT molecular complexity index is 398. The van der Waals surface area contributed by atoms with E-state index in [-0.39, 0.29) is 0 Å². The van der Waals surface area contributed by atoms with Crippen LogP contribution in [0.3, 0.4) is 0 Å². The Morgan fingerprint density at radius 3 is 2.26 bits per heavy atom. The fraction of sp³-hybridized carbons (Fsp3) is 0.714. The van der Waals surface area contributed by atoms with Crippen LogP contribution in [0.25, 0.3) is 0 Å². The van der Waals surface area contributed by atoms with E-state index in [0.29, 0.717) is 6.54 Å². The van der Waals surface area contributed by atoms with E-state index >= 15 is 0 Å². The van der Waals surface area contributed by atoms with Gasteiger partial charge in [-0.3, -0.25) is 0 Å². The van der Waals surface area contributed by atoms with Crippen molar-refractivity contribution >= 4 is 11.8 Å². The topological polar surface area (TPSA) is 72.0 Å². The third-order valence-electron chi connectivity index (χ3n) is 3.39. The maximum Gasteiger partial charge on any atom is 0.187 e. The lowest BCUT2D eigenvalue weighted by Gasteiger charge is -2.20. The van der Waals surface area contributed by atoms with Crippen molar-refractivity contribution in [3.63, 3.8) is 0 Å². The van der Waals surface area contributed by atoms with Crippen molar-refractivity contribution in [2.24, 2.45) is 5.73 Å². The Morgan fingerprint density at radius 1 is 1.16 bits per heavy atom. The van der Waals surface area contributed by atoms with Gasteiger partial charge in [-0.15, -0.1) is 0 Å². The Balaban J connectivity index is 2.34. The summed E-state index contributed by atoms with van der Waals surface area (Å²) < 4.78 is 0. The molecule has 0 radical (unpaired) electrons. The highest BCUT2D eigenvalue weighted by Crippen LogP contribution is 2.20. The summed E-state index contributed by atoms with van der Waals surface area (Å²) in [5, 5.41) is 10.6. The number of aromatic nitrogens is 2. The summed E-state index contributed by atoms with van der Waals surface area (Å²) in [6, 6.07) is 0. The molecule has 108 valence electrons. The highest BCUT2D eigenvalue weighted by atomic mass is 32.2. The summed E-state index contributed by atoms with van der Waals surface area (Å²) in [5.41, 5.74) is 8.04. The van der Waals surface area contributed by atoms with Crippen molar-refractivity contribution in [2.45, 2.75) is 57.7 Å². The van der Waals surface area contributed by atoms with E-state index in [0.717, 1.165) is 41.6 Å². The van der Waals surface area contributed by atoms with Crippen LogP contribution in [0.15, 0.2) is 5.16 Å². The first kappa shape index (κ1) is 16.4. The van der Waals surface area contributed by atoms with Crippen LogP contribution in [0.2, 0.25) is 0 Å². The lowest BCUT2D eigenvalue weighted by molar-refractivity contribution is 0.0577. The summed E-state index contributed by atoms with van der Waals surface area (Å²) in [6.45, 7) is 8.20. The van der Waals surface area contributed by atoms with E-state index in [9.17, 15) is 5.11 Å². The van der Waals surface area contributed by atoms with E-state index in [1.807, 2.05) is 20.8 Å². The van der Waals surface area contributed by atoms with Crippen LogP contribution in [-0.2, 0) is 0 Å². The number of unbranched alkanes of at least 4 members (excludes halogenated alkanes) is 1. The van der Waals surface area contributed by atoms with Gasteiger partial charge in [0.1, 0.15) is 0 Å². The predicted molar refractivity (Wildman–Crippen MR) is 80.5 cm³/mol. The van der Waals surface area contributed by atoms with Crippen molar-refractivity contribution in [3.05, 3.63) is 17.0 Å². The molecule has 0 fully saturated rings. The number of aliphatic hydroxyl groups is 1. The van der Waals surface area contributed by atoms with Crippen LogP contribution in [0.5, 0.6) is 0 Å². The van der Waals surface area contributed by atoms with Crippen molar-refractivity contribution < 1.29 is 5.11 Å². The third-order valence-corrected chi connectivity index (χ3v) is 4.33. The zero-order chi connectivity index (χ0) is 14.5. The molecule has 0 aliphatic rings. The highest BCUT2D eigenvalue weighted by Gasteiger charge is 2.16. The molecule has 0 bridgehead atoms. The van der Waals surface area contributed by atoms with Gasteiger partial charge in [-0.05, 0) is 52.5 Å². The number of nitrogens with zero attached hydrogens (tertiary/aromatic N) is 2. The van der Waals surface area contributed by atoms with E-state index in [2.05, 4.69) is 9.97 Å². The van der Waals surface area contributed by atoms with Crippen LogP contribution >= 0.6 is 11.8 Å². The van der Waals surface area contributed by atoms with Crippen molar-refractivity contribution in [3.8, 4) is 0 Å². The summed E-state index contributed by atoms with van der Waals surface area (Å²) in [4.78, 5) is 8.96. The molecule has 5 heteroatoms. The molecule has 0 amide bonds. The Kier molecular flexibility index (Phi) is 6.23. The normalized spacial score (nSPS) is 14.4. The average molecular weight is 283 g/mol. The van der Waals surface area contributed by atoms with Crippen molar-refractivity contribution in [1.82, 2.24) is 9.97 Å². The van der Waals surface area contributed by atoms with Crippen LogP contribution in [0.1, 0.15) is 43.1 Å². The van der Waals surface area contributed by atoms with Gasteiger partial charge in [0, 0.05) is 23.7 Å². The van der Waals surface area contributed by atoms with Crippen molar-refractivity contribution in [1.29, 1.82) is 0 Å². The largest absolute Gasteiger partial charge is 0.389 e. The first-order valence-electron chi connectivity index (χ1n) is 6.73. The number of nitrogens with two attached hydrogens (primary N) is 1. The first-order chi connectivity index (χ1) is 8.85. The first-order valence-corrected chi connectivity index (χ1v) is 7.71. The molecule has 1 unspecified atom stereocenters. The minimum absolute atomic E-state index is 0.319. The SMILES string of the molecule is Cc1nc(SCCCCC(C)(O)CN)nc(C)c1C. The maximum atomic E-state index is 9.79. The van der Waals surface area contributed by atoms with E-state index in [1.54, 1.807) is 18.7 Å². The molecule has 19 heavy (non-hydrogen) atoms. The smallest absolute Gasteiger partial charge is 0.187 e. The Morgan fingerprint density at radius 2 is 1.74 bits per heavy atom. The monoisotopic (exact) mass is 283 g/mol. The highest BCUT2D eigenvalue weighted by molar-refractivity contribution is 7.99. The summed E-state index contributed by atoms with van der Waals surface area (Å²) in [6.07, 6.45) is 2.76. The molecule has 1 aromatic rings. The van der Waals surface area contributed by atoms with Gasteiger partial charge in [0.15, 0.2) is 5.16 Å². The molecule has 1 rings (SSSR count). The van der Waals surface area contributed by atoms with Crippen LogP contribution in [-0.4, -0.2) is 33.0 Å². The van der Waals surface area contributed by atoms with Crippen LogP contribution in [0.4, 0.5) is 0 Å². The van der Waals surface area contributed by atoms with E-state index in [4.69, 9.17) is 5.73 Å². The zero-order valence-corrected chi connectivity index (χ0v) is 13.2. The van der Waals surface area contributed by atoms with Gasteiger partial charge < -0.3 is 10.8 Å². The molecule has 3 N–H and O–H groups in total. The third kappa shape index (κ3) is 5.47. The number of aryl methyl sites for hydroxylation is 2. The Hall–Kier alpha value is -0.650. The quantitative estimate of drug-likeness (QED) is 0.456. The second kappa shape index (κ2) is 7.22. The van der Waals surface area contributed by atoms with Crippen LogP contribution < -0.4 is 5.73 Å². The minimum Gasteiger partial charge on any atom is -0.389 e. The van der Waals surface area contributed by atoms with Crippen LogP contribution in [0, 0.1) is 20.8 Å². The molecular formula is C14H25N3OS. The van der Waals surface area contributed by atoms with Gasteiger partial charge in [-0.2, -0.15) is 0 Å². The molecule has 1 heterocycles. The van der Waals surface area contributed by atoms with Crippen molar-refractivity contribution in [2.75, 3.05) is 12.3 Å². The molecule has 0 aliphatic carbocycles. The summed E-state index contributed by atoms with van der Waals surface area (Å²) in [5.74, 6) is 0.975. The second-order valence-electron chi connectivity index (χ2n) is 5.31. The minimum atomic E-state index is -0.724. The molecule has 1 atom stereocenters. The van der Waals surface area contributed by atoms with Gasteiger partial charge in [0.05, 0.1) is 5.60 Å². The molecule has 0 saturated heterocycles. The molecular weight excluding hydrogens is 258 g/mol. The Labute approximate surface area is 120 Å². The molecule has 4 nitrogen and oxygen atoms in total. The van der Waals surface area contributed by atoms with Gasteiger partial charge in [-0.25, -0.2) is 9.97 Å². The van der Waals surface area contributed by atoms with E-state index < -0.39 is 5.60 Å². The number of hydrogen-bond acceptors (Lipinski definition) is 5. The predicted octanol–water partition coefficient (Wildman–Crippen LogP) is 2.37. The fourth-order valence-electron chi connectivity index (χ4n) is 1.68. The number of hydrogen-bond donors (Lipinski definition) is 2. The number of rotatable bonds is 7. The molecule has 0 aromatic carbocycles. The molecule has 0 aliphatic heterocycles. The molecule has 1 aromatic heterocycles. The zero-order valence-electron chi connectivity index (χ0n) is 12.4. The molecule has 0 saturated carbocycles. The summed E-state index contributed by atoms with van der Waals surface area (Å²) in [7, 11) is 0. The van der Waals surface area contributed by atoms with Gasteiger partial charge >= 0.3 is 0 Å². The lowest BCUT2D eigenvalue weighted by atomic mass is 10.00. The molecule has 0 spiro atoms. The second-order valence-corrected chi connectivity index (χ2v) is 6.37. The van der Waals surface area contributed by atoms with Gasteiger partial charge in [0.2, 0.25) is 0 Å².